The second-order valence-electron chi connectivity index (χ2n) is 5.45. The molecule has 0 saturated carbocycles. The van der Waals surface area contributed by atoms with Gasteiger partial charge in [0.05, 0.1) is 31.8 Å². The summed E-state index contributed by atoms with van der Waals surface area (Å²) in [5.74, 6) is 0.299. The Hall–Kier alpha value is -2.42. The second-order valence-corrected chi connectivity index (χ2v) is 6.69. The molecular formula is C17H22N2O6S. The zero-order valence-corrected chi connectivity index (χ0v) is 15.7. The molecule has 1 aliphatic heterocycles. The molecule has 1 aliphatic rings. The van der Waals surface area contributed by atoms with E-state index in [4.69, 9.17) is 14.2 Å². The van der Waals surface area contributed by atoms with Crippen LogP contribution in [0.1, 0.15) is 13.3 Å². The molecular weight excluding hydrogens is 360 g/mol. The van der Waals surface area contributed by atoms with E-state index < -0.39 is 17.3 Å². The van der Waals surface area contributed by atoms with Gasteiger partial charge in [0.1, 0.15) is 17.5 Å². The average Bonchev–Trinajstić information content (AvgIpc) is 2.63. The molecule has 1 aromatic rings. The molecule has 0 radical (unpaired) electrons. The van der Waals surface area contributed by atoms with Gasteiger partial charge in [0.2, 0.25) is 11.8 Å². The van der Waals surface area contributed by atoms with Crippen LogP contribution in [0.4, 0.5) is 5.69 Å². The predicted octanol–water partition coefficient (Wildman–Crippen LogP) is 1.20. The number of esters is 1. The number of hydrogen-bond acceptors (Lipinski definition) is 7. The lowest BCUT2D eigenvalue weighted by atomic mass is 10.2. The SMILES string of the molecule is CCOC(=O)[C@H]1CS[C@@H](CC(=O)Nc2ccc(OC)cc2OC)C(=O)N1. The van der Waals surface area contributed by atoms with Crippen LogP contribution in [-0.4, -0.2) is 55.7 Å². The highest BCUT2D eigenvalue weighted by molar-refractivity contribution is 8.00. The van der Waals surface area contributed by atoms with E-state index in [1.54, 1.807) is 25.1 Å². The van der Waals surface area contributed by atoms with E-state index in [1.807, 2.05) is 0 Å². The molecule has 1 aromatic carbocycles. The van der Waals surface area contributed by atoms with Crippen LogP contribution >= 0.6 is 11.8 Å². The maximum Gasteiger partial charge on any atom is 0.329 e. The Balaban J connectivity index is 1.92. The lowest BCUT2D eigenvalue weighted by Gasteiger charge is -2.27. The third kappa shape index (κ3) is 5.04. The molecule has 2 atom stereocenters. The number of ether oxygens (including phenoxy) is 3. The van der Waals surface area contributed by atoms with Crippen molar-refractivity contribution < 1.29 is 28.6 Å². The van der Waals surface area contributed by atoms with E-state index in [2.05, 4.69) is 10.6 Å². The van der Waals surface area contributed by atoms with Gasteiger partial charge in [0, 0.05) is 18.2 Å². The summed E-state index contributed by atoms with van der Waals surface area (Å²) in [6.45, 7) is 1.96. The molecule has 1 heterocycles. The van der Waals surface area contributed by atoms with Crippen molar-refractivity contribution in [3.8, 4) is 11.5 Å². The normalized spacial score (nSPS) is 19.3. The summed E-state index contributed by atoms with van der Waals surface area (Å²) in [5, 5.41) is 4.77. The van der Waals surface area contributed by atoms with Crippen LogP contribution < -0.4 is 20.1 Å². The molecule has 8 nitrogen and oxygen atoms in total. The maximum absolute atomic E-state index is 12.3. The van der Waals surface area contributed by atoms with E-state index in [9.17, 15) is 14.4 Å². The van der Waals surface area contributed by atoms with E-state index >= 15 is 0 Å². The van der Waals surface area contributed by atoms with E-state index in [-0.39, 0.29) is 24.8 Å². The van der Waals surface area contributed by atoms with Gasteiger partial charge in [-0.25, -0.2) is 4.79 Å². The van der Waals surface area contributed by atoms with Gasteiger partial charge in [0.15, 0.2) is 0 Å². The van der Waals surface area contributed by atoms with Crippen LogP contribution in [-0.2, 0) is 19.1 Å². The average molecular weight is 382 g/mol. The Labute approximate surface area is 155 Å². The van der Waals surface area contributed by atoms with Crippen molar-refractivity contribution in [2.24, 2.45) is 0 Å². The van der Waals surface area contributed by atoms with Crippen LogP contribution in [0.5, 0.6) is 11.5 Å². The molecule has 0 spiro atoms. The molecule has 9 heteroatoms. The highest BCUT2D eigenvalue weighted by Gasteiger charge is 2.34. The highest BCUT2D eigenvalue weighted by Crippen LogP contribution is 2.30. The summed E-state index contributed by atoms with van der Waals surface area (Å²) < 4.78 is 15.2. The summed E-state index contributed by atoms with van der Waals surface area (Å²) >= 11 is 1.26. The molecule has 1 saturated heterocycles. The smallest absolute Gasteiger partial charge is 0.329 e. The van der Waals surface area contributed by atoms with E-state index in [0.29, 0.717) is 22.9 Å². The molecule has 0 aliphatic carbocycles. The standard InChI is InChI=1S/C17H22N2O6S/c1-4-25-17(22)12-9-26-14(16(21)19-12)8-15(20)18-11-6-5-10(23-2)7-13(11)24-3/h5-7,12,14H,4,8-9H2,1-3H3,(H,18,20)(H,19,21)/t12-,14+/m1/s1. The molecule has 1 fully saturated rings. The fourth-order valence-electron chi connectivity index (χ4n) is 2.39. The zero-order valence-electron chi connectivity index (χ0n) is 14.9. The van der Waals surface area contributed by atoms with E-state index in [1.165, 1.54) is 26.0 Å². The summed E-state index contributed by atoms with van der Waals surface area (Å²) in [6, 6.07) is 4.35. The van der Waals surface area contributed by atoms with Gasteiger partial charge in [-0.2, -0.15) is 0 Å². The maximum atomic E-state index is 12.3. The lowest BCUT2D eigenvalue weighted by molar-refractivity contribution is -0.146. The molecule has 0 aromatic heterocycles. The number of rotatable bonds is 7. The molecule has 26 heavy (non-hydrogen) atoms. The number of thioether (sulfide) groups is 1. The first-order valence-corrected chi connectivity index (χ1v) is 9.13. The van der Waals surface area contributed by atoms with Crippen LogP contribution in [0.2, 0.25) is 0 Å². The monoisotopic (exact) mass is 382 g/mol. The van der Waals surface area contributed by atoms with Crippen LogP contribution in [0.25, 0.3) is 0 Å². The minimum absolute atomic E-state index is 0.0127. The molecule has 0 unspecified atom stereocenters. The first-order valence-electron chi connectivity index (χ1n) is 8.09. The Bertz CT molecular complexity index is 681. The topological polar surface area (TPSA) is 103 Å². The van der Waals surface area contributed by atoms with Crippen LogP contribution in [0.3, 0.4) is 0 Å². The highest BCUT2D eigenvalue weighted by atomic mass is 32.2. The molecule has 2 rings (SSSR count). The minimum atomic E-state index is -0.673. The summed E-state index contributed by atoms with van der Waals surface area (Å²) in [5.41, 5.74) is 0.490. The van der Waals surface area contributed by atoms with Crippen molar-refractivity contribution in [1.82, 2.24) is 5.32 Å². The number of benzene rings is 1. The van der Waals surface area contributed by atoms with Gasteiger partial charge in [-0.05, 0) is 19.1 Å². The molecule has 2 amide bonds. The molecule has 2 N–H and O–H groups in total. The van der Waals surface area contributed by atoms with Crippen molar-refractivity contribution in [3.63, 3.8) is 0 Å². The van der Waals surface area contributed by atoms with Crippen molar-refractivity contribution >= 4 is 35.2 Å². The Morgan fingerprint density at radius 3 is 2.69 bits per heavy atom. The fraction of sp³-hybridized carbons (Fsp3) is 0.471. The number of hydrogen-bond donors (Lipinski definition) is 2. The number of methoxy groups -OCH3 is 2. The van der Waals surface area contributed by atoms with Crippen LogP contribution in [0.15, 0.2) is 18.2 Å². The number of anilines is 1. The van der Waals surface area contributed by atoms with Crippen LogP contribution in [0, 0.1) is 0 Å². The van der Waals surface area contributed by atoms with Crippen molar-refractivity contribution in [1.29, 1.82) is 0 Å². The largest absolute Gasteiger partial charge is 0.497 e. The van der Waals surface area contributed by atoms with Crippen molar-refractivity contribution in [3.05, 3.63) is 18.2 Å². The first-order chi connectivity index (χ1) is 12.5. The van der Waals surface area contributed by atoms with Gasteiger partial charge in [-0.1, -0.05) is 0 Å². The number of carbonyl (C=O) groups is 3. The fourth-order valence-corrected chi connectivity index (χ4v) is 3.52. The predicted molar refractivity (Wildman–Crippen MR) is 97.6 cm³/mol. The van der Waals surface area contributed by atoms with E-state index in [0.717, 1.165) is 0 Å². The van der Waals surface area contributed by atoms with Gasteiger partial charge < -0.3 is 24.8 Å². The Kier molecular flexibility index (Phi) is 7.14. The third-order valence-electron chi connectivity index (χ3n) is 3.70. The first kappa shape index (κ1) is 19.9. The lowest BCUT2D eigenvalue weighted by Crippen LogP contribution is -2.51. The molecule has 142 valence electrons. The quantitative estimate of drug-likeness (QED) is 0.683. The van der Waals surface area contributed by atoms with Crippen molar-refractivity contribution in [2.45, 2.75) is 24.6 Å². The molecule has 0 bridgehead atoms. The van der Waals surface area contributed by atoms with Gasteiger partial charge in [-0.3, -0.25) is 9.59 Å². The minimum Gasteiger partial charge on any atom is -0.497 e. The third-order valence-corrected chi connectivity index (χ3v) is 5.01. The zero-order chi connectivity index (χ0) is 19.1. The van der Waals surface area contributed by atoms with Crippen molar-refractivity contribution in [2.75, 3.05) is 31.9 Å². The van der Waals surface area contributed by atoms with Gasteiger partial charge in [0.25, 0.3) is 0 Å². The van der Waals surface area contributed by atoms with Gasteiger partial charge >= 0.3 is 5.97 Å². The summed E-state index contributed by atoms with van der Waals surface area (Å²) in [7, 11) is 3.03. The Morgan fingerprint density at radius 1 is 1.31 bits per heavy atom. The number of carbonyl (C=O) groups excluding carboxylic acids is 3. The number of nitrogens with one attached hydrogen (secondary N) is 2. The van der Waals surface area contributed by atoms with Gasteiger partial charge in [-0.15, -0.1) is 11.8 Å². The summed E-state index contributed by atoms with van der Waals surface area (Å²) in [6.07, 6.45) is -0.0127. The summed E-state index contributed by atoms with van der Waals surface area (Å²) in [4.78, 5) is 36.1. The Morgan fingerprint density at radius 2 is 2.08 bits per heavy atom. The number of amides is 2. The second kappa shape index (κ2) is 9.33.